The highest BCUT2D eigenvalue weighted by atomic mass is 35.5. The Balaban J connectivity index is 3.03. The van der Waals surface area contributed by atoms with Gasteiger partial charge in [0.05, 0.1) is 37.6 Å². The average molecular weight is 317 g/mol. The molecule has 8 heteroatoms. The summed E-state index contributed by atoms with van der Waals surface area (Å²) < 4.78 is 15.5. The fraction of sp³-hybridized carbons (Fsp3) is 0.462. The minimum Gasteiger partial charge on any atom is -0.495 e. The van der Waals surface area contributed by atoms with E-state index < -0.39 is 0 Å². The van der Waals surface area contributed by atoms with Crippen molar-refractivity contribution in [3.63, 3.8) is 0 Å². The topological polar surface area (TPSA) is 90.1 Å². The van der Waals surface area contributed by atoms with Gasteiger partial charge < -0.3 is 19.5 Å². The van der Waals surface area contributed by atoms with Crippen LogP contribution in [0.3, 0.4) is 0 Å². The second-order valence-electron chi connectivity index (χ2n) is 4.24. The Hall–Kier alpha value is -1.70. The van der Waals surface area contributed by atoms with Crippen LogP contribution in [-0.4, -0.2) is 39.9 Å². The molecule has 0 saturated carbocycles. The smallest absolute Gasteiger partial charge is 0.210 e. The molecule has 0 aromatic heterocycles. The average Bonchev–Trinajstić information content (AvgIpc) is 2.47. The van der Waals surface area contributed by atoms with E-state index in [0.29, 0.717) is 34.8 Å². The first kappa shape index (κ1) is 17.4. The highest BCUT2D eigenvalue weighted by Gasteiger charge is 2.12. The summed E-state index contributed by atoms with van der Waals surface area (Å²) in [4.78, 5) is 4.35. The minimum atomic E-state index is -0.0614. The molecule has 0 bridgehead atoms. The first-order chi connectivity index (χ1) is 10.0. The molecule has 0 heterocycles. The third-order valence-corrected chi connectivity index (χ3v) is 2.92. The van der Waals surface area contributed by atoms with Crippen molar-refractivity contribution < 1.29 is 14.2 Å². The number of methoxy groups -OCH3 is 3. The van der Waals surface area contributed by atoms with Crippen molar-refractivity contribution in [2.24, 2.45) is 10.8 Å². The second kappa shape index (κ2) is 8.56. The minimum absolute atomic E-state index is 0.0614. The van der Waals surface area contributed by atoms with Crippen LogP contribution in [0.25, 0.3) is 0 Å². The molecule has 1 aromatic carbocycles. The molecule has 0 aliphatic rings. The second-order valence-corrected chi connectivity index (χ2v) is 4.65. The fourth-order valence-corrected chi connectivity index (χ4v) is 1.92. The van der Waals surface area contributed by atoms with Gasteiger partial charge in [-0.3, -0.25) is 5.43 Å². The van der Waals surface area contributed by atoms with Crippen LogP contribution in [0.1, 0.15) is 6.92 Å². The number of guanidine groups is 1. The lowest BCUT2D eigenvalue weighted by Gasteiger charge is -2.16. The van der Waals surface area contributed by atoms with Crippen molar-refractivity contribution in [2.45, 2.75) is 13.0 Å². The van der Waals surface area contributed by atoms with Crippen LogP contribution >= 0.6 is 11.6 Å². The summed E-state index contributed by atoms with van der Waals surface area (Å²) in [6.45, 7) is 2.39. The van der Waals surface area contributed by atoms with Crippen LogP contribution in [0.4, 0.5) is 5.69 Å². The van der Waals surface area contributed by atoms with E-state index in [0.717, 1.165) is 0 Å². The van der Waals surface area contributed by atoms with Gasteiger partial charge in [-0.05, 0) is 6.92 Å². The summed E-state index contributed by atoms with van der Waals surface area (Å²) in [5.41, 5.74) is 3.12. The monoisotopic (exact) mass is 316 g/mol. The van der Waals surface area contributed by atoms with E-state index in [9.17, 15) is 0 Å². The van der Waals surface area contributed by atoms with Gasteiger partial charge in [0, 0.05) is 19.2 Å². The molecule has 0 fully saturated rings. The molecule has 0 aliphatic carbocycles. The van der Waals surface area contributed by atoms with Gasteiger partial charge in [0.1, 0.15) is 11.5 Å². The summed E-state index contributed by atoms with van der Waals surface area (Å²) in [6.07, 6.45) is 0. The Morgan fingerprint density at radius 2 is 1.95 bits per heavy atom. The van der Waals surface area contributed by atoms with Gasteiger partial charge in [0.15, 0.2) is 0 Å². The number of ether oxygens (including phenoxy) is 3. The van der Waals surface area contributed by atoms with Crippen LogP contribution in [0, 0.1) is 0 Å². The van der Waals surface area contributed by atoms with Gasteiger partial charge in [-0.2, -0.15) is 0 Å². The first-order valence-corrected chi connectivity index (χ1v) is 6.65. The van der Waals surface area contributed by atoms with Crippen molar-refractivity contribution in [3.05, 3.63) is 17.2 Å². The normalized spacial score (nSPS) is 12.8. The van der Waals surface area contributed by atoms with Gasteiger partial charge >= 0.3 is 0 Å². The van der Waals surface area contributed by atoms with Gasteiger partial charge in [-0.1, -0.05) is 11.6 Å². The van der Waals surface area contributed by atoms with Crippen molar-refractivity contribution >= 4 is 23.2 Å². The molecule has 1 aromatic rings. The lowest BCUT2D eigenvalue weighted by Crippen LogP contribution is -2.37. The van der Waals surface area contributed by atoms with Crippen LogP contribution in [0.2, 0.25) is 5.02 Å². The number of nitrogens with two attached hydrogens (primary N) is 1. The third kappa shape index (κ3) is 4.96. The lowest BCUT2D eigenvalue weighted by atomic mass is 10.2. The van der Waals surface area contributed by atoms with E-state index in [4.69, 9.17) is 31.7 Å². The Bertz CT molecular complexity index is 497. The Labute approximate surface area is 129 Å². The van der Waals surface area contributed by atoms with Crippen molar-refractivity contribution in [1.29, 1.82) is 0 Å². The molecule has 0 amide bonds. The van der Waals surface area contributed by atoms with Crippen molar-refractivity contribution in [1.82, 2.24) is 5.43 Å². The number of nitrogens with one attached hydrogen (secondary N) is 2. The number of halogens is 1. The maximum Gasteiger partial charge on any atom is 0.210 e. The van der Waals surface area contributed by atoms with Gasteiger partial charge in [-0.25, -0.2) is 10.8 Å². The van der Waals surface area contributed by atoms with Crippen LogP contribution in [0.15, 0.2) is 17.1 Å². The maximum atomic E-state index is 6.06. The molecule has 118 valence electrons. The zero-order chi connectivity index (χ0) is 15.8. The number of hydrogen-bond donors (Lipinski definition) is 3. The number of aliphatic imine (C=N–C) groups is 1. The van der Waals surface area contributed by atoms with Crippen LogP contribution < -0.4 is 26.1 Å². The van der Waals surface area contributed by atoms with Crippen LogP contribution in [0.5, 0.6) is 11.5 Å². The molecule has 1 unspecified atom stereocenters. The van der Waals surface area contributed by atoms with E-state index in [1.165, 1.54) is 7.11 Å². The summed E-state index contributed by atoms with van der Waals surface area (Å²) >= 11 is 6.06. The zero-order valence-corrected chi connectivity index (χ0v) is 13.3. The molecule has 7 nitrogen and oxygen atoms in total. The summed E-state index contributed by atoms with van der Waals surface area (Å²) in [5.74, 6) is 6.91. The predicted molar refractivity (Wildman–Crippen MR) is 84.3 cm³/mol. The quantitative estimate of drug-likeness (QED) is 0.320. The largest absolute Gasteiger partial charge is 0.495 e. The molecule has 0 radical (unpaired) electrons. The van der Waals surface area contributed by atoms with E-state index in [1.54, 1.807) is 26.4 Å². The van der Waals surface area contributed by atoms with Gasteiger partial charge in [0.25, 0.3) is 0 Å². The Morgan fingerprint density at radius 1 is 1.29 bits per heavy atom. The lowest BCUT2D eigenvalue weighted by molar-refractivity contribution is 0.185. The molecular formula is C13H21ClN4O3. The molecule has 0 aliphatic heterocycles. The zero-order valence-electron chi connectivity index (χ0n) is 12.6. The van der Waals surface area contributed by atoms with Gasteiger partial charge in [0.2, 0.25) is 5.96 Å². The van der Waals surface area contributed by atoms with E-state index in [-0.39, 0.29) is 6.04 Å². The number of benzene rings is 1. The summed E-state index contributed by atoms with van der Waals surface area (Å²) in [5, 5.41) is 3.48. The molecular weight excluding hydrogens is 296 g/mol. The molecule has 4 N–H and O–H groups in total. The number of rotatable bonds is 6. The molecule has 1 rings (SSSR count). The number of hydrazine groups is 1. The number of hydrogen-bond acceptors (Lipinski definition) is 5. The Morgan fingerprint density at radius 3 is 2.48 bits per heavy atom. The summed E-state index contributed by atoms with van der Waals surface area (Å²) in [6, 6.07) is 3.29. The summed E-state index contributed by atoms with van der Waals surface area (Å²) in [7, 11) is 4.69. The predicted octanol–water partition coefficient (Wildman–Crippen LogP) is 1.62. The number of anilines is 1. The molecule has 0 saturated heterocycles. The highest BCUT2D eigenvalue weighted by Crippen LogP contribution is 2.35. The molecule has 0 spiro atoms. The van der Waals surface area contributed by atoms with E-state index in [2.05, 4.69) is 15.7 Å². The standard InChI is InChI=1S/C13H21ClN4O3/c1-8(7-19-2)16-13(18-15)17-10-6-11(20-3)9(14)5-12(10)21-4/h5-6,8H,7,15H2,1-4H3,(H2,16,17,18). The van der Waals surface area contributed by atoms with Crippen molar-refractivity contribution in [2.75, 3.05) is 33.3 Å². The first-order valence-electron chi connectivity index (χ1n) is 6.27. The molecule has 1 atom stereocenters. The Kier molecular flexibility index (Phi) is 7.07. The van der Waals surface area contributed by atoms with E-state index >= 15 is 0 Å². The van der Waals surface area contributed by atoms with Crippen LogP contribution in [-0.2, 0) is 4.74 Å². The van der Waals surface area contributed by atoms with E-state index in [1.807, 2.05) is 6.92 Å². The molecule has 21 heavy (non-hydrogen) atoms. The third-order valence-electron chi connectivity index (χ3n) is 2.62. The SMILES string of the molecule is COCC(C)N=C(NN)Nc1cc(OC)c(Cl)cc1OC. The van der Waals surface area contributed by atoms with Crippen molar-refractivity contribution in [3.8, 4) is 11.5 Å². The number of nitrogens with zero attached hydrogens (tertiary/aromatic N) is 1. The fourth-order valence-electron chi connectivity index (χ4n) is 1.69. The maximum absolute atomic E-state index is 6.06. The van der Waals surface area contributed by atoms with Gasteiger partial charge in [-0.15, -0.1) is 0 Å². The highest BCUT2D eigenvalue weighted by molar-refractivity contribution is 6.32.